The molecule has 0 aliphatic heterocycles. The summed E-state index contributed by atoms with van der Waals surface area (Å²) in [6.45, 7) is 4.98. The first-order chi connectivity index (χ1) is 7.00. The molecule has 0 aliphatic carbocycles. The number of hydrogen-bond acceptors (Lipinski definition) is 1. The number of amides is 2. The van der Waals surface area contributed by atoms with Gasteiger partial charge in [0.2, 0.25) is 0 Å². The molecule has 0 saturated heterocycles. The lowest BCUT2D eigenvalue weighted by Gasteiger charge is -2.08. The summed E-state index contributed by atoms with van der Waals surface area (Å²) in [7, 11) is 0. The van der Waals surface area contributed by atoms with Crippen molar-refractivity contribution >= 4 is 11.7 Å². The molecule has 0 radical (unpaired) electrons. The number of hydrogen-bond donors (Lipinski definition) is 2. The largest absolute Gasteiger partial charge is 0.323 e. The third-order valence-corrected chi connectivity index (χ3v) is 1.53. The molecule has 0 aromatic heterocycles. The number of allylic oxidation sites excluding steroid dienone is 1. The Labute approximate surface area is 85.8 Å². The summed E-state index contributed by atoms with van der Waals surface area (Å²) in [6, 6.07) is 2.59. The fourth-order valence-corrected chi connectivity index (χ4v) is 0.956. The van der Waals surface area contributed by atoms with Gasteiger partial charge in [-0.1, -0.05) is 12.6 Å². The van der Waals surface area contributed by atoms with Crippen molar-refractivity contribution in [2.24, 2.45) is 0 Å². The second-order valence-electron chi connectivity index (χ2n) is 2.96. The summed E-state index contributed by atoms with van der Waals surface area (Å²) >= 11 is 0. The maximum absolute atomic E-state index is 13.0. The first-order valence-corrected chi connectivity index (χ1v) is 4.18. The van der Waals surface area contributed by atoms with Crippen LogP contribution >= 0.6 is 0 Å². The van der Waals surface area contributed by atoms with Gasteiger partial charge in [0.15, 0.2) is 0 Å². The standard InChI is InChI=1S/C10H10F2N2O/c1-6(2)13-10(15)14-9-7(11)4-3-5-8(9)12/h3-5H,1H2,2H3,(H2,13,14,15). The zero-order valence-corrected chi connectivity index (χ0v) is 8.10. The van der Waals surface area contributed by atoms with Crippen LogP contribution in [0.1, 0.15) is 6.92 Å². The second-order valence-corrected chi connectivity index (χ2v) is 2.96. The Balaban J connectivity index is 2.80. The van der Waals surface area contributed by atoms with Gasteiger partial charge < -0.3 is 10.6 Å². The molecule has 0 saturated carbocycles. The van der Waals surface area contributed by atoms with Crippen molar-refractivity contribution in [3.8, 4) is 0 Å². The fourth-order valence-electron chi connectivity index (χ4n) is 0.956. The molecular formula is C10H10F2N2O. The molecule has 0 bridgehead atoms. The predicted molar refractivity (Wildman–Crippen MR) is 53.3 cm³/mol. The van der Waals surface area contributed by atoms with E-state index < -0.39 is 23.4 Å². The molecule has 1 rings (SSSR count). The van der Waals surface area contributed by atoms with Gasteiger partial charge in [-0.05, 0) is 19.1 Å². The number of anilines is 1. The number of halogens is 2. The first-order valence-electron chi connectivity index (χ1n) is 4.18. The molecule has 5 heteroatoms. The van der Waals surface area contributed by atoms with Gasteiger partial charge in [-0.2, -0.15) is 0 Å². The van der Waals surface area contributed by atoms with Crippen LogP contribution in [0.2, 0.25) is 0 Å². The number of para-hydroxylation sites is 1. The summed E-state index contributed by atoms with van der Waals surface area (Å²) in [4.78, 5) is 11.1. The van der Waals surface area contributed by atoms with Gasteiger partial charge >= 0.3 is 6.03 Å². The average molecular weight is 212 g/mol. The highest BCUT2D eigenvalue weighted by Crippen LogP contribution is 2.17. The molecule has 0 aliphatic rings. The van der Waals surface area contributed by atoms with E-state index in [0.717, 1.165) is 12.1 Å². The van der Waals surface area contributed by atoms with Crippen LogP contribution in [0.25, 0.3) is 0 Å². The molecule has 15 heavy (non-hydrogen) atoms. The van der Waals surface area contributed by atoms with E-state index in [1.165, 1.54) is 6.07 Å². The number of carbonyl (C=O) groups is 1. The van der Waals surface area contributed by atoms with Crippen molar-refractivity contribution in [2.75, 3.05) is 5.32 Å². The quantitative estimate of drug-likeness (QED) is 0.777. The van der Waals surface area contributed by atoms with E-state index in [1.807, 2.05) is 5.32 Å². The first kappa shape index (κ1) is 11.2. The number of nitrogens with one attached hydrogen (secondary N) is 2. The Morgan fingerprint density at radius 1 is 1.33 bits per heavy atom. The summed E-state index contributed by atoms with van der Waals surface area (Å²) in [5, 5.41) is 4.32. The molecule has 2 N–H and O–H groups in total. The van der Waals surface area contributed by atoms with Crippen molar-refractivity contribution in [3.05, 3.63) is 42.1 Å². The van der Waals surface area contributed by atoms with Crippen molar-refractivity contribution in [1.82, 2.24) is 5.32 Å². The predicted octanol–water partition coefficient (Wildman–Crippen LogP) is 2.62. The molecule has 0 heterocycles. The highest BCUT2D eigenvalue weighted by Gasteiger charge is 2.10. The molecule has 0 fully saturated rings. The molecular weight excluding hydrogens is 202 g/mol. The Hall–Kier alpha value is -1.91. The third kappa shape index (κ3) is 3.05. The number of urea groups is 1. The van der Waals surface area contributed by atoms with Crippen molar-refractivity contribution in [2.45, 2.75) is 6.92 Å². The van der Waals surface area contributed by atoms with Crippen LogP contribution in [0.3, 0.4) is 0 Å². The Morgan fingerprint density at radius 2 is 1.87 bits per heavy atom. The van der Waals surface area contributed by atoms with E-state index in [9.17, 15) is 13.6 Å². The van der Waals surface area contributed by atoms with Crippen molar-refractivity contribution in [3.63, 3.8) is 0 Å². The van der Waals surface area contributed by atoms with Gasteiger partial charge in [0.1, 0.15) is 17.3 Å². The smallest absolute Gasteiger partial charge is 0.312 e. The summed E-state index contributed by atoms with van der Waals surface area (Å²) in [5.41, 5.74) is -0.0968. The van der Waals surface area contributed by atoms with E-state index in [1.54, 1.807) is 6.92 Å². The molecule has 1 aromatic rings. The minimum atomic E-state index is -0.827. The zero-order valence-electron chi connectivity index (χ0n) is 8.10. The van der Waals surface area contributed by atoms with Crippen LogP contribution in [0.4, 0.5) is 19.3 Å². The van der Waals surface area contributed by atoms with Crippen LogP contribution in [0.15, 0.2) is 30.5 Å². The number of benzene rings is 1. The Bertz CT molecular complexity index is 384. The van der Waals surface area contributed by atoms with Gasteiger partial charge in [-0.25, -0.2) is 13.6 Å². The van der Waals surface area contributed by atoms with Gasteiger partial charge in [-0.3, -0.25) is 0 Å². The second kappa shape index (κ2) is 4.54. The van der Waals surface area contributed by atoms with Crippen LogP contribution < -0.4 is 10.6 Å². The van der Waals surface area contributed by atoms with Crippen LogP contribution in [0.5, 0.6) is 0 Å². The third-order valence-electron chi connectivity index (χ3n) is 1.53. The molecule has 0 unspecified atom stereocenters. The van der Waals surface area contributed by atoms with Gasteiger partial charge in [0, 0.05) is 5.70 Å². The highest BCUT2D eigenvalue weighted by molar-refractivity contribution is 5.90. The molecule has 0 spiro atoms. The van der Waals surface area contributed by atoms with Crippen molar-refractivity contribution in [1.29, 1.82) is 0 Å². The maximum atomic E-state index is 13.0. The number of rotatable bonds is 2. The number of carbonyl (C=O) groups excluding carboxylic acids is 1. The lowest BCUT2D eigenvalue weighted by molar-refractivity contribution is 0.254. The Morgan fingerprint density at radius 3 is 2.33 bits per heavy atom. The monoisotopic (exact) mass is 212 g/mol. The molecule has 0 atom stereocenters. The van der Waals surface area contributed by atoms with E-state index >= 15 is 0 Å². The maximum Gasteiger partial charge on any atom is 0.323 e. The minimum absolute atomic E-state index is 0.379. The van der Waals surface area contributed by atoms with E-state index in [0.29, 0.717) is 5.70 Å². The topological polar surface area (TPSA) is 41.1 Å². The van der Waals surface area contributed by atoms with Crippen LogP contribution in [0, 0.1) is 11.6 Å². The zero-order chi connectivity index (χ0) is 11.4. The SMILES string of the molecule is C=C(C)NC(=O)Nc1c(F)cccc1F. The van der Waals surface area contributed by atoms with Gasteiger partial charge in [0.25, 0.3) is 0 Å². The summed E-state index contributed by atoms with van der Waals surface area (Å²) in [6.07, 6.45) is 0. The van der Waals surface area contributed by atoms with E-state index in [4.69, 9.17) is 0 Å². The average Bonchev–Trinajstić information content (AvgIpc) is 2.10. The Kier molecular flexibility index (Phi) is 3.38. The fraction of sp³-hybridized carbons (Fsp3) is 0.100. The normalized spacial score (nSPS) is 9.53. The van der Waals surface area contributed by atoms with Crippen LogP contribution in [-0.4, -0.2) is 6.03 Å². The molecule has 2 amide bonds. The molecule has 80 valence electrons. The van der Waals surface area contributed by atoms with Crippen molar-refractivity contribution < 1.29 is 13.6 Å². The highest BCUT2D eigenvalue weighted by atomic mass is 19.1. The molecule has 3 nitrogen and oxygen atoms in total. The summed E-state index contributed by atoms with van der Waals surface area (Å²) < 4.78 is 26.1. The van der Waals surface area contributed by atoms with Gasteiger partial charge in [0.05, 0.1) is 0 Å². The molecule has 1 aromatic carbocycles. The lowest BCUT2D eigenvalue weighted by atomic mass is 10.3. The van der Waals surface area contributed by atoms with Crippen LogP contribution in [-0.2, 0) is 0 Å². The van der Waals surface area contributed by atoms with E-state index in [2.05, 4.69) is 11.9 Å². The van der Waals surface area contributed by atoms with E-state index in [-0.39, 0.29) is 0 Å². The minimum Gasteiger partial charge on any atom is -0.312 e. The van der Waals surface area contributed by atoms with Gasteiger partial charge in [-0.15, -0.1) is 0 Å². The lowest BCUT2D eigenvalue weighted by Crippen LogP contribution is -2.27. The summed E-state index contributed by atoms with van der Waals surface area (Å²) in [5.74, 6) is -1.65.